The van der Waals surface area contributed by atoms with Crippen molar-refractivity contribution in [3.05, 3.63) is 29.3 Å². The van der Waals surface area contributed by atoms with Crippen molar-refractivity contribution in [1.29, 1.82) is 0 Å². The molecule has 0 bridgehead atoms. The van der Waals surface area contributed by atoms with Gasteiger partial charge in [-0.2, -0.15) is 12.7 Å². The molecular weight excluding hydrogens is 308 g/mol. The van der Waals surface area contributed by atoms with Gasteiger partial charge in [-0.3, -0.25) is 4.31 Å². The number of aryl methyl sites for hydroxylation is 1. The Hall–Kier alpha value is -1.64. The van der Waals surface area contributed by atoms with Gasteiger partial charge in [-0.25, -0.2) is 4.79 Å². The molecule has 0 aromatic heterocycles. The number of benzene rings is 1. The summed E-state index contributed by atoms with van der Waals surface area (Å²) in [7, 11) is -2.22. The summed E-state index contributed by atoms with van der Waals surface area (Å²) in [5, 5.41) is 9.34. The van der Waals surface area contributed by atoms with Crippen molar-refractivity contribution in [2.24, 2.45) is 0 Å². The summed E-state index contributed by atoms with van der Waals surface area (Å²) in [5.74, 6) is -1.15. The van der Waals surface area contributed by atoms with Crippen molar-refractivity contribution in [3.63, 3.8) is 0 Å². The number of methoxy groups -OCH3 is 1. The molecule has 22 heavy (non-hydrogen) atoms. The summed E-state index contributed by atoms with van der Waals surface area (Å²) in [4.78, 5) is 11.4. The molecule has 1 heterocycles. The molecule has 0 spiro atoms. The number of carbonyl (C=O) groups is 1. The molecule has 0 unspecified atom stereocenters. The molecule has 0 saturated carbocycles. The molecule has 0 amide bonds. The van der Waals surface area contributed by atoms with Crippen LogP contribution in [0.15, 0.2) is 18.2 Å². The average Bonchev–Trinajstić information content (AvgIpc) is 2.39. The Morgan fingerprint density at radius 1 is 1.45 bits per heavy atom. The third kappa shape index (κ3) is 2.94. The summed E-state index contributed by atoms with van der Waals surface area (Å²) < 4.78 is 32.8. The first-order valence-electron chi connectivity index (χ1n) is 6.95. The first-order chi connectivity index (χ1) is 10.3. The number of rotatable bonds is 6. The van der Waals surface area contributed by atoms with E-state index >= 15 is 0 Å². The molecule has 1 aromatic rings. The number of carboxylic acid groups (broad SMARTS) is 1. The normalized spacial score (nSPS) is 16.3. The summed E-state index contributed by atoms with van der Waals surface area (Å²) in [6, 6.07) is 4.71. The fraction of sp³-hybridized carbons (Fsp3) is 0.500. The maximum absolute atomic E-state index is 12.7. The van der Waals surface area contributed by atoms with Gasteiger partial charge in [0.25, 0.3) is 0 Å². The minimum atomic E-state index is -3.76. The summed E-state index contributed by atoms with van der Waals surface area (Å²) in [6.07, 6.45) is -0.106. The first kappa shape index (κ1) is 16.7. The van der Waals surface area contributed by atoms with Crippen LogP contribution in [-0.4, -0.2) is 56.6 Å². The molecular formula is C14H20N2O5S. The molecule has 1 aliphatic heterocycles. The number of hydrogen-bond acceptors (Lipinski definition) is 4. The molecule has 2 rings (SSSR count). The van der Waals surface area contributed by atoms with Crippen LogP contribution in [0, 0.1) is 6.92 Å². The second-order valence-electron chi connectivity index (χ2n) is 5.17. The zero-order chi connectivity index (χ0) is 16.5. The Labute approximate surface area is 130 Å². The van der Waals surface area contributed by atoms with Crippen LogP contribution in [0.5, 0.6) is 0 Å². The molecule has 7 nitrogen and oxygen atoms in total. The maximum atomic E-state index is 12.7. The molecule has 0 atom stereocenters. The van der Waals surface area contributed by atoms with E-state index in [1.54, 1.807) is 19.9 Å². The molecule has 1 saturated heterocycles. The third-order valence-corrected chi connectivity index (χ3v) is 5.65. The van der Waals surface area contributed by atoms with Crippen molar-refractivity contribution in [1.82, 2.24) is 4.31 Å². The van der Waals surface area contributed by atoms with Gasteiger partial charge in [0.1, 0.15) is 0 Å². The van der Waals surface area contributed by atoms with Gasteiger partial charge in [0, 0.05) is 26.7 Å². The summed E-state index contributed by atoms with van der Waals surface area (Å²) in [5.41, 5.74) is 0.925. The van der Waals surface area contributed by atoms with Crippen molar-refractivity contribution in [2.45, 2.75) is 20.0 Å². The Bertz CT molecular complexity index is 668. The highest BCUT2D eigenvalue weighted by atomic mass is 32.2. The summed E-state index contributed by atoms with van der Waals surface area (Å²) in [6.45, 7) is 4.16. The van der Waals surface area contributed by atoms with E-state index in [-0.39, 0.29) is 37.0 Å². The number of ether oxygens (including phenoxy) is 1. The van der Waals surface area contributed by atoms with Crippen LogP contribution in [0.4, 0.5) is 5.69 Å². The van der Waals surface area contributed by atoms with Gasteiger partial charge in [0.2, 0.25) is 0 Å². The van der Waals surface area contributed by atoms with Gasteiger partial charge in [0.15, 0.2) is 0 Å². The van der Waals surface area contributed by atoms with Crippen LogP contribution < -0.4 is 4.31 Å². The molecule has 0 radical (unpaired) electrons. The van der Waals surface area contributed by atoms with Gasteiger partial charge in [-0.1, -0.05) is 11.6 Å². The highest BCUT2D eigenvalue weighted by Crippen LogP contribution is 2.28. The summed E-state index contributed by atoms with van der Waals surface area (Å²) >= 11 is 0. The number of aromatic carboxylic acids is 1. The van der Waals surface area contributed by atoms with E-state index in [0.717, 1.165) is 9.87 Å². The van der Waals surface area contributed by atoms with Gasteiger partial charge < -0.3 is 9.84 Å². The first-order valence-corrected chi connectivity index (χ1v) is 8.35. The molecule has 8 heteroatoms. The van der Waals surface area contributed by atoms with E-state index < -0.39 is 16.2 Å². The van der Waals surface area contributed by atoms with Crippen LogP contribution >= 0.6 is 0 Å². The largest absolute Gasteiger partial charge is 0.478 e. The van der Waals surface area contributed by atoms with Crippen LogP contribution in [0.2, 0.25) is 0 Å². The highest BCUT2D eigenvalue weighted by molar-refractivity contribution is 7.90. The number of nitrogens with zero attached hydrogens (tertiary/aromatic N) is 2. The lowest BCUT2D eigenvalue weighted by atomic mass is 10.1. The molecule has 1 N–H and O–H groups in total. The van der Waals surface area contributed by atoms with E-state index in [9.17, 15) is 18.3 Å². The topological polar surface area (TPSA) is 87.2 Å². The smallest absolute Gasteiger partial charge is 0.337 e. The Balaban J connectivity index is 2.39. The van der Waals surface area contributed by atoms with Gasteiger partial charge in [-0.05, 0) is 26.0 Å². The molecule has 0 aliphatic carbocycles. The second kappa shape index (κ2) is 6.23. The van der Waals surface area contributed by atoms with Crippen LogP contribution in [0.3, 0.4) is 0 Å². The van der Waals surface area contributed by atoms with E-state index in [1.807, 2.05) is 0 Å². The standard InChI is InChI=1S/C14H20N2O5S/c1-4-16(22(19,20)15-8-11(9-15)21-3)13-6-5-10(2)7-12(13)14(17)18/h5-7,11H,4,8-9H2,1-3H3,(H,17,18). The van der Waals surface area contributed by atoms with Crippen LogP contribution in [-0.2, 0) is 14.9 Å². The van der Waals surface area contributed by atoms with Gasteiger partial charge in [-0.15, -0.1) is 0 Å². The Kier molecular flexibility index (Phi) is 4.74. The van der Waals surface area contributed by atoms with Crippen molar-refractivity contribution < 1.29 is 23.1 Å². The van der Waals surface area contributed by atoms with Crippen LogP contribution in [0.1, 0.15) is 22.8 Å². The van der Waals surface area contributed by atoms with Gasteiger partial charge >= 0.3 is 16.2 Å². The molecule has 122 valence electrons. The maximum Gasteiger partial charge on any atom is 0.337 e. The Morgan fingerprint density at radius 2 is 2.09 bits per heavy atom. The van der Waals surface area contributed by atoms with Gasteiger partial charge in [0.05, 0.1) is 17.4 Å². The van der Waals surface area contributed by atoms with E-state index in [4.69, 9.17) is 4.74 Å². The number of carboxylic acids is 1. The highest BCUT2D eigenvalue weighted by Gasteiger charge is 2.40. The second-order valence-corrected chi connectivity index (χ2v) is 7.03. The predicted octanol–water partition coefficient (Wildman–Crippen LogP) is 1.09. The lowest BCUT2D eigenvalue weighted by Crippen LogP contribution is -2.58. The SMILES string of the molecule is CCN(c1ccc(C)cc1C(=O)O)S(=O)(=O)N1CC(OC)C1. The minimum absolute atomic E-state index is 0.0192. The predicted molar refractivity (Wildman–Crippen MR) is 82.4 cm³/mol. The molecule has 1 fully saturated rings. The minimum Gasteiger partial charge on any atom is -0.478 e. The van der Waals surface area contributed by atoms with E-state index in [2.05, 4.69) is 0 Å². The Morgan fingerprint density at radius 3 is 2.59 bits per heavy atom. The quantitative estimate of drug-likeness (QED) is 0.845. The van der Waals surface area contributed by atoms with Crippen LogP contribution in [0.25, 0.3) is 0 Å². The van der Waals surface area contributed by atoms with Crippen molar-refractivity contribution in [3.8, 4) is 0 Å². The monoisotopic (exact) mass is 328 g/mol. The lowest BCUT2D eigenvalue weighted by molar-refractivity contribution is 0.0124. The van der Waals surface area contributed by atoms with E-state index in [0.29, 0.717) is 0 Å². The zero-order valence-electron chi connectivity index (χ0n) is 12.8. The molecule has 1 aliphatic rings. The lowest BCUT2D eigenvalue weighted by Gasteiger charge is -2.40. The van der Waals surface area contributed by atoms with Crippen molar-refractivity contribution in [2.75, 3.05) is 31.0 Å². The zero-order valence-corrected chi connectivity index (χ0v) is 13.6. The number of anilines is 1. The van der Waals surface area contributed by atoms with E-state index in [1.165, 1.54) is 23.5 Å². The fourth-order valence-electron chi connectivity index (χ4n) is 2.37. The number of hydrogen-bond donors (Lipinski definition) is 1. The molecule has 1 aromatic carbocycles. The average molecular weight is 328 g/mol. The fourth-order valence-corrected chi connectivity index (χ4v) is 4.10. The van der Waals surface area contributed by atoms with Crippen molar-refractivity contribution >= 4 is 21.9 Å². The third-order valence-electron chi connectivity index (χ3n) is 3.69.